The quantitative estimate of drug-likeness (QED) is 0.390. The zero-order valence-corrected chi connectivity index (χ0v) is 11.2. The van der Waals surface area contributed by atoms with E-state index in [2.05, 4.69) is 5.16 Å². The van der Waals surface area contributed by atoms with Crippen LogP contribution in [0, 0.1) is 19.7 Å². The summed E-state index contributed by atoms with van der Waals surface area (Å²) in [4.78, 5) is 0. The molecular formula is C15H15FN2O2. The fraction of sp³-hybridized carbons (Fsp3) is 0.133. The van der Waals surface area contributed by atoms with Crippen LogP contribution in [0.25, 0.3) is 0 Å². The molecule has 0 amide bonds. The monoisotopic (exact) mass is 274 g/mol. The number of aryl methyl sites for hydroxylation is 2. The first kappa shape index (κ1) is 13.9. The first-order chi connectivity index (χ1) is 9.51. The predicted molar refractivity (Wildman–Crippen MR) is 74.9 cm³/mol. The van der Waals surface area contributed by atoms with Gasteiger partial charge in [0.15, 0.2) is 5.84 Å². The Kier molecular flexibility index (Phi) is 3.89. The molecule has 20 heavy (non-hydrogen) atoms. The summed E-state index contributed by atoms with van der Waals surface area (Å²) in [5.74, 6) is 0.235. The molecule has 0 fully saturated rings. The summed E-state index contributed by atoms with van der Waals surface area (Å²) < 4.78 is 18.9. The van der Waals surface area contributed by atoms with Gasteiger partial charge in [-0.05, 0) is 55.3 Å². The molecule has 5 heteroatoms. The van der Waals surface area contributed by atoms with E-state index in [9.17, 15) is 4.39 Å². The second-order valence-corrected chi connectivity index (χ2v) is 4.47. The van der Waals surface area contributed by atoms with E-state index in [-0.39, 0.29) is 11.4 Å². The van der Waals surface area contributed by atoms with Crippen molar-refractivity contribution in [3.8, 4) is 11.5 Å². The number of ether oxygens (including phenoxy) is 1. The van der Waals surface area contributed by atoms with Crippen molar-refractivity contribution in [2.24, 2.45) is 10.9 Å². The lowest BCUT2D eigenvalue weighted by Crippen LogP contribution is -2.14. The Balaban J connectivity index is 2.40. The lowest BCUT2D eigenvalue weighted by molar-refractivity contribution is 0.318. The molecule has 0 aliphatic rings. The Morgan fingerprint density at radius 3 is 2.55 bits per heavy atom. The van der Waals surface area contributed by atoms with Gasteiger partial charge in [-0.15, -0.1) is 0 Å². The molecule has 0 unspecified atom stereocenters. The van der Waals surface area contributed by atoms with E-state index < -0.39 is 5.82 Å². The van der Waals surface area contributed by atoms with Gasteiger partial charge < -0.3 is 15.7 Å². The van der Waals surface area contributed by atoms with Crippen LogP contribution >= 0.6 is 0 Å². The maximum absolute atomic E-state index is 13.3. The minimum absolute atomic E-state index is 0.200. The van der Waals surface area contributed by atoms with E-state index in [1.807, 2.05) is 32.0 Å². The summed E-state index contributed by atoms with van der Waals surface area (Å²) >= 11 is 0. The van der Waals surface area contributed by atoms with Crippen molar-refractivity contribution in [3.05, 3.63) is 58.9 Å². The second kappa shape index (κ2) is 5.61. The topological polar surface area (TPSA) is 67.8 Å². The smallest absolute Gasteiger partial charge is 0.173 e. The Hall–Kier alpha value is -2.56. The van der Waals surface area contributed by atoms with Crippen LogP contribution in [-0.2, 0) is 0 Å². The van der Waals surface area contributed by atoms with Gasteiger partial charge in [0, 0.05) is 0 Å². The van der Waals surface area contributed by atoms with Crippen LogP contribution in [0.3, 0.4) is 0 Å². The molecule has 0 aliphatic heterocycles. The average molecular weight is 274 g/mol. The summed E-state index contributed by atoms with van der Waals surface area (Å²) in [5.41, 5.74) is 7.95. The lowest BCUT2D eigenvalue weighted by Gasteiger charge is -2.11. The predicted octanol–water partition coefficient (Wildman–Crippen LogP) is 3.33. The summed E-state index contributed by atoms with van der Waals surface area (Å²) in [6.45, 7) is 3.97. The van der Waals surface area contributed by atoms with Crippen molar-refractivity contribution in [3.63, 3.8) is 0 Å². The zero-order chi connectivity index (χ0) is 14.7. The Morgan fingerprint density at radius 1 is 1.15 bits per heavy atom. The number of halogens is 1. The molecule has 0 aliphatic carbocycles. The summed E-state index contributed by atoms with van der Waals surface area (Å²) in [5, 5.41) is 11.6. The largest absolute Gasteiger partial charge is 0.457 e. The molecule has 4 nitrogen and oxygen atoms in total. The average Bonchev–Trinajstić information content (AvgIpc) is 2.44. The van der Waals surface area contributed by atoms with Crippen molar-refractivity contribution in [1.29, 1.82) is 0 Å². The van der Waals surface area contributed by atoms with E-state index in [4.69, 9.17) is 15.7 Å². The molecule has 0 aromatic heterocycles. The number of amidine groups is 1. The highest BCUT2D eigenvalue weighted by molar-refractivity contribution is 5.99. The molecule has 104 valence electrons. The molecular weight excluding hydrogens is 259 g/mol. The summed E-state index contributed by atoms with van der Waals surface area (Å²) in [6, 6.07) is 9.46. The first-order valence-electron chi connectivity index (χ1n) is 6.04. The van der Waals surface area contributed by atoms with E-state index in [1.165, 1.54) is 12.1 Å². The SMILES string of the molecule is Cc1ccc(Oc2ccc(F)cc2C(N)=NO)cc1C. The molecule has 2 aromatic carbocycles. The molecule has 2 rings (SSSR count). The van der Waals surface area contributed by atoms with E-state index in [0.717, 1.165) is 17.2 Å². The fourth-order valence-corrected chi connectivity index (χ4v) is 1.75. The third-order valence-corrected chi connectivity index (χ3v) is 3.03. The molecule has 0 saturated heterocycles. The molecule has 3 N–H and O–H groups in total. The number of nitrogens with zero attached hydrogens (tertiary/aromatic N) is 1. The van der Waals surface area contributed by atoms with Gasteiger partial charge in [-0.1, -0.05) is 11.2 Å². The Morgan fingerprint density at radius 2 is 1.90 bits per heavy atom. The highest BCUT2D eigenvalue weighted by Crippen LogP contribution is 2.27. The van der Waals surface area contributed by atoms with E-state index in [0.29, 0.717) is 11.5 Å². The maximum Gasteiger partial charge on any atom is 0.173 e. The normalized spacial score (nSPS) is 11.4. The second-order valence-electron chi connectivity index (χ2n) is 4.47. The number of hydrogen-bond acceptors (Lipinski definition) is 3. The third-order valence-electron chi connectivity index (χ3n) is 3.03. The minimum atomic E-state index is -0.487. The van der Waals surface area contributed by atoms with Crippen molar-refractivity contribution < 1.29 is 14.3 Å². The molecule has 0 atom stereocenters. The summed E-state index contributed by atoms with van der Waals surface area (Å²) in [7, 11) is 0. The minimum Gasteiger partial charge on any atom is -0.457 e. The highest BCUT2D eigenvalue weighted by Gasteiger charge is 2.11. The van der Waals surface area contributed by atoms with Crippen molar-refractivity contribution in [2.75, 3.05) is 0 Å². The van der Waals surface area contributed by atoms with Gasteiger partial charge in [-0.25, -0.2) is 4.39 Å². The van der Waals surface area contributed by atoms with Crippen LogP contribution in [0.15, 0.2) is 41.6 Å². The van der Waals surface area contributed by atoms with E-state index in [1.54, 1.807) is 0 Å². The molecule has 0 bridgehead atoms. The summed E-state index contributed by atoms with van der Waals surface area (Å²) in [6.07, 6.45) is 0. The lowest BCUT2D eigenvalue weighted by atomic mass is 10.1. The maximum atomic E-state index is 13.3. The van der Waals surface area contributed by atoms with Crippen molar-refractivity contribution in [1.82, 2.24) is 0 Å². The van der Waals surface area contributed by atoms with Crippen molar-refractivity contribution in [2.45, 2.75) is 13.8 Å². The number of benzene rings is 2. The third kappa shape index (κ3) is 2.88. The molecule has 2 aromatic rings. The van der Waals surface area contributed by atoms with Crippen LogP contribution in [0.2, 0.25) is 0 Å². The fourth-order valence-electron chi connectivity index (χ4n) is 1.75. The molecule has 0 saturated carbocycles. The van der Waals surface area contributed by atoms with E-state index >= 15 is 0 Å². The standard InChI is InChI=1S/C15H15FN2O2/c1-9-3-5-12(7-10(9)2)20-14-6-4-11(16)8-13(14)15(17)18-19/h3-8,19H,1-2H3,(H2,17,18). The number of rotatable bonds is 3. The van der Waals surface area contributed by atoms with Gasteiger partial charge in [-0.3, -0.25) is 0 Å². The number of oxime groups is 1. The van der Waals surface area contributed by atoms with Crippen LogP contribution in [0.5, 0.6) is 11.5 Å². The van der Waals surface area contributed by atoms with Gasteiger partial charge in [-0.2, -0.15) is 0 Å². The van der Waals surface area contributed by atoms with Crippen molar-refractivity contribution >= 4 is 5.84 Å². The highest BCUT2D eigenvalue weighted by atomic mass is 19.1. The number of nitrogens with two attached hydrogens (primary N) is 1. The van der Waals surface area contributed by atoms with Crippen LogP contribution in [0.1, 0.15) is 16.7 Å². The van der Waals surface area contributed by atoms with Crippen LogP contribution in [0.4, 0.5) is 4.39 Å². The molecule has 0 spiro atoms. The van der Waals surface area contributed by atoms with Gasteiger partial charge in [0.2, 0.25) is 0 Å². The Bertz CT molecular complexity index is 669. The van der Waals surface area contributed by atoms with Gasteiger partial charge >= 0.3 is 0 Å². The van der Waals surface area contributed by atoms with Gasteiger partial charge in [0.05, 0.1) is 5.56 Å². The first-order valence-corrected chi connectivity index (χ1v) is 6.04. The van der Waals surface area contributed by atoms with Crippen LogP contribution in [-0.4, -0.2) is 11.0 Å². The van der Waals surface area contributed by atoms with Crippen LogP contribution < -0.4 is 10.5 Å². The number of hydrogen-bond donors (Lipinski definition) is 2. The molecule has 0 radical (unpaired) electrons. The van der Waals surface area contributed by atoms with Gasteiger partial charge in [0.25, 0.3) is 0 Å². The molecule has 0 heterocycles. The zero-order valence-electron chi connectivity index (χ0n) is 11.2. The Labute approximate surface area is 116 Å². The van der Waals surface area contributed by atoms with Gasteiger partial charge in [0.1, 0.15) is 17.3 Å².